The molecule has 0 aromatic heterocycles. The number of rotatable bonds is 3. The summed E-state index contributed by atoms with van der Waals surface area (Å²) in [5.41, 5.74) is 0.766. The molecule has 23 heavy (non-hydrogen) atoms. The number of hydrogen-bond acceptors (Lipinski definition) is 5. The third-order valence-electron chi connectivity index (χ3n) is 3.44. The van der Waals surface area contributed by atoms with Gasteiger partial charge in [0.1, 0.15) is 5.60 Å². The van der Waals surface area contributed by atoms with E-state index in [1.165, 1.54) is 0 Å². The van der Waals surface area contributed by atoms with Crippen LogP contribution in [0.15, 0.2) is 29.2 Å². The largest absolute Gasteiger partial charge is 0.462 e. The van der Waals surface area contributed by atoms with Crippen molar-refractivity contribution in [3.63, 3.8) is 0 Å². The minimum Gasteiger partial charge on any atom is -0.462 e. The zero-order chi connectivity index (χ0) is 17.5. The molecule has 130 valence electrons. The van der Waals surface area contributed by atoms with Crippen LogP contribution in [0.1, 0.15) is 39.2 Å². The molecule has 1 aliphatic rings. The van der Waals surface area contributed by atoms with E-state index < -0.39 is 9.84 Å². The first-order valence-corrected chi connectivity index (χ1v) is 9.34. The molecule has 1 aromatic rings. The molecule has 5 nitrogen and oxygen atoms in total. The third-order valence-corrected chi connectivity index (χ3v) is 5.65. The molecule has 1 aromatic carbocycles. The van der Waals surface area contributed by atoms with Crippen molar-refractivity contribution >= 4 is 16.3 Å². The van der Waals surface area contributed by atoms with E-state index in [0.29, 0.717) is 17.9 Å². The summed E-state index contributed by atoms with van der Waals surface area (Å²) in [4.78, 5) is 10.0. The van der Waals surface area contributed by atoms with Gasteiger partial charge in [-0.25, -0.2) is 8.42 Å². The van der Waals surface area contributed by atoms with Gasteiger partial charge in [0.05, 0.1) is 10.1 Å². The van der Waals surface area contributed by atoms with Gasteiger partial charge in [-0.15, -0.1) is 0 Å². The van der Waals surface area contributed by atoms with Crippen LogP contribution in [0.5, 0.6) is 0 Å². The van der Waals surface area contributed by atoms with Crippen LogP contribution in [0.3, 0.4) is 0 Å². The summed E-state index contributed by atoms with van der Waals surface area (Å²) in [6.07, 6.45) is 1.71. The van der Waals surface area contributed by atoms with E-state index in [9.17, 15) is 13.2 Å². The standard InChI is InChI=1S/C12H17NO2S.C5H10O2/c1-10-4-6-11(7-5-10)16(14,15)12-3-2-8-13-9-12;1-5(2,3)7-4-6/h4-7,12-13H,2-3,8-9H2,1H3;4H,1-3H3. The van der Waals surface area contributed by atoms with Crippen LogP contribution < -0.4 is 5.32 Å². The highest BCUT2D eigenvalue weighted by molar-refractivity contribution is 7.92. The number of sulfone groups is 1. The smallest absolute Gasteiger partial charge is 0.293 e. The number of benzene rings is 1. The fourth-order valence-electron chi connectivity index (χ4n) is 2.15. The molecule has 0 bridgehead atoms. The lowest BCUT2D eigenvalue weighted by Gasteiger charge is -2.22. The Morgan fingerprint density at radius 3 is 2.22 bits per heavy atom. The quantitative estimate of drug-likeness (QED) is 0.855. The Morgan fingerprint density at radius 2 is 1.83 bits per heavy atom. The zero-order valence-electron chi connectivity index (χ0n) is 14.3. The Labute approximate surface area is 139 Å². The van der Waals surface area contributed by atoms with Crippen molar-refractivity contribution in [3.8, 4) is 0 Å². The van der Waals surface area contributed by atoms with Gasteiger partial charge in [-0.3, -0.25) is 4.79 Å². The highest BCUT2D eigenvalue weighted by Crippen LogP contribution is 2.21. The summed E-state index contributed by atoms with van der Waals surface area (Å²) in [5.74, 6) is 0. The summed E-state index contributed by atoms with van der Waals surface area (Å²) in [5, 5.41) is 2.88. The number of carbonyl (C=O) groups excluding carboxylic acids is 1. The number of carbonyl (C=O) groups is 1. The fourth-order valence-corrected chi connectivity index (χ4v) is 3.86. The molecule has 1 saturated heterocycles. The van der Waals surface area contributed by atoms with Crippen LogP contribution in [0.4, 0.5) is 0 Å². The summed E-state index contributed by atoms with van der Waals surface area (Å²) < 4.78 is 29.1. The topological polar surface area (TPSA) is 72.5 Å². The van der Waals surface area contributed by atoms with Gasteiger partial charge < -0.3 is 10.1 Å². The number of piperidine rings is 1. The molecule has 1 atom stereocenters. The molecule has 0 spiro atoms. The van der Waals surface area contributed by atoms with Gasteiger partial charge in [-0.05, 0) is 59.2 Å². The average molecular weight is 341 g/mol. The van der Waals surface area contributed by atoms with Crippen molar-refractivity contribution in [2.75, 3.05) is 13.1 Å². The predicted octanol–water partition coefficient (Wildman–Crippen LogP) is 2.48. The Hall–Kier alpha value is -1.40. The fraction of sp³-hybridized carbons (Fsp3) is 0.588. The minimum atomic E-state index is -3.14. The van der Waals surface area contributed by atoms with E-state index in [1.54, 1.807) is 12.1 Å². The molecule has 0 radical (unpaired) electrons. The summed E-state index contributed by atoms with van der Waals surface area (Å²) in [6.45, 7) is 9.39. The van der Waals surface area contributed by atoms with Crippen LogP contribution in [-0.2, 0) is 19.4 Å². The lowest BCUT2D eigenvalue weighted by atomic mass is 10.2. The highest BCUT2D eigenvalue weighted by atomic mass is 32.2. The predicted molar refractivity (Wildman–Crippen MR) is 91.2 cm³/mol. The maximum Gasteiger partial charge on any atom is 0.293 e. The molecule has 0 amide bonds. The second-order valence-corrected chi connectivity index (χ2v) is 8.88. The maximum atomic E-state index is 12.3. The van der Waals surface area contributed by atoms with Crippen molar-refractivity contribution in [2.24, 2.45) is 0 Å². The van der Waals surface area contributed by atoms with Crippen molar-refractivity contribution in [3.05, 3.63) is 29.8 Å². The number of hydrogen-bond donors (Lipinski definition) is 1. The Bertz CT molecular complexity index is 582. The van der Waals surface area contributed by atoms with Crippen LogP contribution in [0.25, 0.3) is 0 Å². The third kappa shape index (κ3) is 6.71. The molecule has 1 unspecified atom stereocenters. The lowest BCUT2D eigenvalue weighted by molar-refractivity contribution is -0.138. The average Bonchev–Trinajstić information content (AvgIpc) is 2.48. The van der Waals surface area contributed by atoms with E-state index in [-0.39, 0.29) is 10.9 Å². The van der Waals surface area contributed by atoms with Gasteiger partial charge in [0.15, 0.2) is 9.84 Å². The van der Waals surface area contributed by atoms with Crippen LogP contribution in [-0.4, -0.2) is 38.8 Å². The number of aryl methyl sites for hydroxylation is 1. The first-order valence-electron chi connectivity index (χ1n) is 7.79. The first-order chi connectivity index (χ1) is 10.7. The van der Waals surface area contributed by atoms with Crippen molar-refractivity contribution in [1.29, 1.82) is 0 Å². The lowest BCUT2D eigenvalue weighted by Crippen LogP contribution is -2.38. The molecule has 1 N–H and O–H groups in total. The van der Waals surface area contributed by atoms with Gasteiger partial charge in [-0.2, -0.15) is 0 Å². The monoisotopic (exact) mass is 341 g/mol. The molecule has 1 heterocycles. The van der Waals surface area contributed by atoms with Gasteiger partial charge >= 0.3 is 0 Å². The normalized spacial score (nSPS) is 18.5. The van der Waals surface area contributed by atoms with E-state index in [0.717, 1.165) is 24.9 Å². The summed E-state index contributed by atoms with van der Waals surface area (Å²) in [6, 6.07) is 7.12. The molecule has 2 rings (SSSR count). The number of nitrogens with one attached hydrogen (secondary N) is 1. The van der Waals surface area contributed by atoms with E-state index >= 15 is 0 Å². The van der Waals surface area contributed by atoms with Crippen molar-refractivity contribution in [1.82, 2.24) is 5.32 Å². The highest BCUT2D eigenvalue weighted by Gasteiger charge is 2.28. The molecule has 1 fully saturated rings. The summed E-state index contributed by atoms with van der Waals surface area (Å²) in [7, 11) is -3.14. The molecular weight excluding hydrogens is 314 g/mol. The minimum absolute atomic E-state index is 0.260. The number of ether oxygens (including phenoxy) is 1. The second kappa shape index (κ2) is 8.45. The molecule has 0 saturated carbocycles. The Morgan fingerprint density at radius 1 is 1.22 bits per heavy atom. The maximum absolute atomic E-state index is 12.3. The van der Waals surface area contributed by atoms with E-state index in [1.807, 2.05) is 39.8 Å². The Kier molecular flexibility index (Phi) is 7.22. The van der Waals surface area contributed by atoms with Gasteiger partial charge in [0.25, 0.3) is 6.47 Å². The molecule has 1 aliphatic heterocycles. The van der Waals surface area contributed by atoms with E-state index in [4.69, 9.17) is 0 Å². The molecule has 0 aliphatic carbocycles. The van der Waals surface area contributed by atoms with Crippen LogP contribution in [0.2, 0.25) is 0 Å². The van der Waals surface area contributed by atoms with Gasteiger partial charge in [0, 0.05) is 6.54 Å². The van der Waals surface area contributed by atoms with Crippen molar-refractivity contribution in [2.45, 2.75) is 56.3 Å². The first kappa shape index (κ1) is 19.6. The summed E-state index contributed by atoms with van der Waals surface area (Å²) >= 11 is 0. The van der Waals surface area contributed by atoms with Gasteiger partial charge in [0.2, 0.25) is 0 Å². The van der Waals surface area contributed by atoms with E-state index in [2.05, 4.69) is 10.1 Å². The zero-order valence-corrected chi connectivity index (χ0v) is 15.2. The molecule has 6 heteroatoms. The van der Waals surface area contributed by atoms with Crippen molar-refractivity contribution < 1.29 is 17.9 Å². The Balaban J connectivity index is 0.000000322. The second-order valence-electron chi connectivity index (χ2n) is 6.65. The molecular formula is C17H27NO4S. The van der Waals surface area contributed by atoms with Crippen LogP contribution >= 0.6 is 0 Å². The van der Waals surface area contributed by atoms with Gasteiger partial charge in [-0.1, -0.05) is 17.7 Å². The van der Waals surface area contributed by atoms with Crippen LogP contribution in [0, 0.1) is 6.92 Å². The SMILES string of the molecule is CC(C)(C)OC=O.Cc1ccc(S(=O)(=O)C2CCCNC2)cc1.